The minimum atomic E-state index is -0.457. The number of nitrogens with zero attached hydrogens (tertiary/aromatic N) is 1. The number of ether oxygens (including phenoxy) is 1. The third-order valence-electron chi connectivity index (χ3n) is 2.47. The Labute approximate surface area is 96.9 Å². The van der Waals surface area contributed by atoms with E-state index in [9.17, 15) is 9.59 Å². The first kappa shape index (κ1) is 13.2. The number of Topliss-reactive ketones (excluding diaryl/α,β-unsaturated/α-hetero) is 1. The molecule has 1 heterocycles. The summed E-state index contributed by atoms with van der Waals surface area (Å²) >= 11 is 0. The molecule has 16 heavy (non-hydrogen) atoms. The summed E-state index contributed by atoms with van der Waals surface area (Å²) in [6.45, 7) is 8.28. The third kappa shape index (κ3) is 3.93. The summed E-state index contributed by atoms with van der Waals surface area (Å²) in [6, 6.07) is -0.233. The normalized spacial score (nSPS) is 22.1. The first-order valence-electron chi connectivity index (χ1n) is 5.76. The molecule has 0 spiro atoms. The Morgan fingerprint density at radius 3 is 2.50 bits per heavy atom. The molecule has 1 rings (SSSR count). The minimum Gasteiger partial charge on any atom is -0.459 e. The summed E-state index contributed by atoms with van der Waals surface area (Å²) in [5.41, 5.74) is -0.457. The van der Waals surface area contributed by atoms with Crippen molar-refractivity contribution in [3.05, 3.63) is 0 Å². The van der Waals surface area contributed by atoms with E-state index in [1.165, 1.54) is 0 Å². The summed E-state index contributed by atoms with van der Waals surface area (Å²) in [5, 5.41) is 0. The Hall–Kier alpha value is -0.900. The molecule has 4 heteroatoms. The fourth-order valence-corrected chi connectivity index (χ4v) is 1.94. The second-order valence-electron chi connectivity index (χ2n) is 5.36. The van der Waals surface area contributed by atoms with Gasteiger partial charge in [0.05, 0.1) is 6.54 Å². The van der Waals surface area contributed by atoms with E-state index in [4.69, 9.17) is 4.74 Å². The van der Waals surface area contributed by atoms with E-state index < -0.39 is 5.60 Å². The number of hydrogen-bond acceptors (Lipinski definition) is 4. The molecule has 0 aromatic heterocycles. The molecule has 1 aliphatic heterocycles. The van der Waals surface area contributed by atoms with E-state index in [1.54, 1.807) is 6.92 Å². The van der Waals surface area contributed by atoms with Crippen LogP contribution in [0, 0.1) is 0 Å². The van der Waals surface area contributed by atoms with Crippen LogP contribution >= 0.6 is 0 Å². The average Bonchev–Trinajstić information content (AvgIpc) is 2.47. The van der Waals surface area contributed by atoms with Crippen LogP contribution in [0.1, 0.15) is 40.5 Å². The molecule has 0 aromatic carbocycles. The standard InChI is InChI=1S/C12H21NO3/c1-9(14)8-13-7-5-6-10(13)11(15)16-12(2,3)4/h10H,5-8H2,1-4H3. The zero-order chi connectivity index (χ0) is 12.3. The van der Waals surface area contributed by atoms with Crippen LogP contribution < -0.4 is 0 Å². The van der Waals surface area contributed by atoms with E-state index >= 15 is 0 Å². The van der Waals surface area contributed by atoms with Crippen molar-refractivity contribution < 1.29 is 14.3 Å². The molecule has 0 radical (unpaired) electrons. The second kappa shape index (κ2) is 4.95. The number of hydrogen-bond donors (Lipinski definition) is 0. The van der Waals surface area contributed by atoms with Gasteiger partial charge in [0.15, 0.2) is 0 Å². The van der Waals surface area contributed by atoms with Crippen molar-refractivity contribution in [2.24, 2.45) is 0 Å². The van der Waals surface area contributed by atoms with Gasteiger partial charge in [0.2, 0.25) is 0 Å². The van der Waals surface area contributed by atoms with Crippen molar-refractivity contribution >= 4 is 11.8 Å². The number of carbonyl (C=O) groups is 2. The van der Waals surface area contributed by atoms with E-state index in [0.717, 1.165) is 19.4 Å². The summed E-state index contributed by atoms with van der Waals surface area (Å²) in [7, 11) is 0. The maximum Gasteiger partial charge on any atom is 0.323 e. The van der Waals surface area contributed by atoms with Gasteiger partial charge in [-0.05, 0) is 47.1 Å². The molecular weight excluding hydrogens is 206 g/mol. The molecule has 0 saturated carbocycles. The van der Waals surface area contributed by atoms with Gasteiger partial charge in [-0.15, -0.1) is 0 Å². The predicted molar refractivity (Wildman–Crippen MR) is 61.1 cm³/mol. The van der Waals surface area contributed by atoms with Crippen molar-refractivity contribution in [2.75, 3.05) is 13.1 Å². The van der Waals surface area contributed by atoms with Crippen LogP contribution in [0.25, 0.3) is 0 Å². The van der Waals surface area contributed by atoms with Gasteiger partial charge in [-0.3, -0.25) is 14.5 Å². The van der Waals surface area contributed by atoms with Crippen LogP contribution in [0.15, 0.2) is 0 Å². The SMILES string of the molecule is CC(=O)CN1CCCC1C(=O)OC(C)(C)C. The van der Waals surface area contributed by atoms with Gasteiger partial charge in [-0.1, -0.05) is 0 Å². The van der Waals surface area contributed by atoms with E-state index in [2.05, 4.69) is 0 Å². The van der Waals surface area contributed by atoms with Crippen molar-refractivity contribution in [2.45, 2.75) is 52.2 Å². The fraction of sp³-hybridized carbons (Fsp3) is 0.833. The molecule has 1 aliphatic rings. The quantitative estimate of drug-likeness (QED) is 0.683. The maximum absolute atomic E-state index is 11.9. The Bertz CT molecular complexity index is 280. The smallest absolute Gasteiger partial charge is 0.323 e. The van der Waals surface area contributed by atoms with Crippen molar-refractivity contribution in [3.63, 3.8) is 0 Å². The first-order valence-corrected chi connectivity index (χ1v) is 5.76. The molecule has 1 atom stereocenters. The van der Waals surface area contributed by atoms with E-state index in [1.807, 2.05) is 25.7 Å². The molecule has 92 valence electrons. The molecule has 0 N–H and O–H groups in total. The Kier molecular flexibility index (Phi) is 4.08. The van der Waals surface area contributed by atoms with Gasteiger partial charge in [0.25, 0.3) is 0 Å². The zero-order valence-corrected chi connectivity index (χ0v) is 10.6. The van der Waals surface area contributed by atoms with Crippen LogP contribution in [0.5, 0.6) is 0 Å². The van der Waals surface area contributed by atoms with E-state index in [-0.39, 0.29) is 17.8 Å². The van der Waals surface area contributed by atoms with Crippen molar-refractivity contribution in [1.82, 2.24) is 4.90 Å². The molecule has 1 saturated heterocycles. The zero-order valence-electron chi connectivity index (χ0n) is 10.6. The Balaban J connectivity index is 2.57. The Morgan fingerprint density at radius 1 is 1.38 bits per heavy atom. The molecule has 1 unspecified atom stereocenters. The number of rotatable bonds is 3. The third-order valence-corrected chi connectivity index (χ3v) is 2.47. The largest absolute Gasteiger partial charge is 0.459 e. The lowest BCUT2D eigenvalue weighted by molar-refractivity contribution is -0.160. The van der Waals surface area contributed by atoms with Gasteiger partial charge >= 0.3 is 5.97 Å². The summed E-state index contributed by atoms with van der Waals surface area (Å²) in [4.78, 5) is 24.9. The average molecular weight is 227 g/mol. The maximum atomic E-state index is 11.9. The predicted octanol–water partition coefficient (Wildman–Crippen LogP) is 1.38. The molecule has 0 aliphatic carbocycles. The second-order valence-corrected chi connectivity index (χ2v) is 5.36. The minimum absolute atomic E-state index is 0.0930. The topological polar surface area (TPSA) is 46.6 Å². The molecule has 1 fully saturated rings. The number of carbonyl (C=O) groups excluding carboxylic acids is 2. The summed E-state index contributed by atoms with van der Waals surface area (Å²) < 4.78 is 5.34. The summed E-state index contributed by atoms with van der Waals surface area (Å²) in [6.07, 6.45) is 1.75. The highest BCUT2D eigenvalue weighted by Crippen LogP contribution is 2.20. The fourth-order valence-electron chi connectivity index (χ4n) is 1.94. The van der Waals surface area contributed by atoms with Gasteiger partial charge in [0, 0.05) is 0 Å². The highest BCUT2D eigenvalue weighted by atomic mass is 16.6. The van der Waals surface area contributed by atoms with E-state index in [0.29, 0.717) is 6.54 Å². The van der Waals surface area contributed by atoms with Crippen LogP contribution in [0.3, 0.4) is 0 Å². The van der Waals surface area contributed by atoms with Crippen LogP contribution in [0.2, 0.25) is 0 Å². The van der Waals surface area contributed by atoms with Gasteiger partial charge in [0.1, 0.15) is 17.4 Å². The molecule has 0 amide bonds. The van der Waals surface area contributed by atoms with Crippen LogP contribution in [-0.2, 0) is 14.3 Å². The van der Waals surface area contributed by atoms with Gasteiger partial charge < -0.3 is 4.74 Å². The lowest BCUT2D eigenvalue weighted by Gasteiger charge is -2.26. The van der Waals surface area contributed by atoms with Crippen LogP contribution in [0.4, 0.5) is 0 Å². The highest BCUT2D eigenvalue weighted by molar-refractivity contribution is 5.80. The Morgan fingerprint density at radius 2 is 2.00 bits per heavy atom. The van der Waals surface area contributed by atoms with Gasteiger partial charge in [-0.2, -0.15) is 0 Å². The molecule has 0 bridgehead atoms. The molecule has 0 aromatic rings. The number of likely N-dealkylation sites (tertiary alicyclic amines) is 1. The summed E-state index contributed by atoms with van der Waals surface area (Å²) in [5.74, 6) is -0.110. The molecule has 4 nitrogen and oxygen atoms in total. The van der Waals surface area contributed by atoms with Crippen molar-refractivity contribution in [1.29, 1.82) is 0 Å². The number of esters is 1. The lowest BCUT2D eigenvalue weighted by atomic mass is 10.1. The van der Waals surface area contributed by atoms with Crippen molar-refractivity contribution in [3.8, 4) is 0 Å². The number of ketones is 1. The van der Waals surface area contributed by atoms with Gasteiger partial charge in [-0.25, -0.2) is 0 Å². The first-order chi connectivity index (χ1) is 7.29. The molecular formula is C12H21NO3. The lowest BCUT2D eigenvalue weighted by Crippen LogP contribution is -2.42. The monoisotopic (exact) mass is 227 g/mol. The van der Waals surface area contributed by atoms with Crippen LogP contribution in [-0.4, -0.2) is 41.4 Å². The highest BCUT2D eigenvalue weighted by Gasteiger charge is 2.34.